The summed E-state index contributed by atoms with van der Waals surface area (Å²) in [6, 6.07) is 7.45. The summed E-state index contributed by atoms with van der Waals surface area (Å²) in [5, 5.41) is 12.3. The molecule has 0 aliphatic rings. The third kappa shape index (κ3) is 5.63. The Labute approximate surface area is 126 Å². The first-order valence-electron chi connectivity index (χ1n) is 7.27. The van der Waals surface area contributed by atoms with Crippen LogP contribution < -0.4 is 14.8 Å². The third-order valence-corrected chi connectivity index (χ3v) is 3.42. The van der Waals surface area contributed by atoms with Gasteiger partial charge in [0.15, 0.2) is 0 Å². The first kappa shape index (κ1) is 17.3. The van der Waals surface area contributed by atoms with Gasteiger partial charge in [0.1, 0.15) is 17.0 Å². The van der Waals surface area contributed by atoms with Gasteiger partial charge in [0.25, 0.3) is 0 Å². The molecule has 0 spiro atoms. The molecular weight excluding hydrogens is 270 g/mol. The molecule has 1 rings (SSSR count). The second-order valence-electron chi connectivity index (χ2n) is 5.15. The van der Waals surface area contributed by atoms with Gasteiger partial charge in [0.2, 0.25) is 0 Å². The number of ether oxygens (including phenoxy) is 2. The molecule has 0 saturated heterocycles. The molecule has 0 saturated carbocycles. The largest absolute Gasteiger partial charge is 0.497 e. The van der Waals surface area contributed by atoms with Gasteiger partial charge < -0.3 is 19.9 Å². The molecule has 118 valence electrons. The zero-order chi connectivity index (χ0) is 15.7. The minimum absolute atomic E-state index is 0.564. The summed E-state index contributed by atoms with van der Waals surface area (Å²) < 4.78 is 10.8. The van der Waals surface area contributed by atoms with Gasteiger partial charge >= 0.3 is 5.97 Å². The van der Waals surface area contributed by atoms with Gasteiger partial charge in [-0.25, -0.2) is 0 Å². The lowest BCUT2D eigenvalue weighted by Crippen LogP contribution is -2.49. The fraction of sp³-hybridized carbons (Fsp3) is 0.562. The SMILES string of the molecule is CCNC(C)(CCCCOc1cccc(OC)c1)C(=O)O. The highest BCUT2D eigenvalue weighted by atomic mass is 16.5. The molecule has 0 aliphatic carbocycles. The van der Waals surface area contributed by atoms with Crippen molar-refractivity contribution in [2.45, 2.75) is 38.6 Å². The lowest BCUT2D eigenvalue weighted by molar-refractivity contribution is -0.144. The molecule has 0 radical (unpaired) electrons. The normalized spacial score (nSPS) is 13.5. The van der Waals surface area contributed by atoms with E-state index in [1.165, 1.54) is 0 Å². The summed E-state index contributed by atoms with van der Waals surface area (Å²) in [6.07, 6.45) is 2.18. The van der Waals surface area contributed by atoms with Crippen LogP contribution in [0.3, 0.4) is 0 Å². The van der Waals surface area contributed by atoms with Crippen molar-refractivity contribution in [2.75, 3.05) is 20.3 Å². The lowest BCUT2D eigenvalue weighted by atomic mass is 9.95. The van der Waals surface area contributed by atoms with E-state index in [4.69, 9.17) is 9.47 Å². The molecular formula is C16H25NO4. The number of methoxy groups -OCH3 is 1. The molecule has 0 aliphatic heterocycles. The number of carboxylic acid groups (broad SMARTS) is 1. The molecule has 0 bridgehead atoms. The third-order valence-electron chi connectivity index (χ3n) is 3.42. The van der Waals surface area contributed by atoms with Gasteiger partial charge in [-0.05, 0) is 44.9 Å². The van der Waals surface area contributed by atoms with Gasteiger partial charge in [-0.1, -0.05) is 13.0 Å². The summed E-state index contributed by atoms with van der Waals surface area (Å²) >= 11 is 0. The second-order valence-corrected chi connectivity index (χ2v) is 5.15. The van der Waals surface area contributed by atoms with Crippen LogP contribution in [0.4, 0.5) is 0 Å². The topological polar surface area (TPSA) is 67.8 Å². The molecule has 0 aromatic heterocycles. The Morgan fingerprint density at radius 3 is 2.67 bits per heavy atom. The highest BCUT2D eigenvalue weighted by molar-refractivity contribution is 5.78. The Kier molecular flexibility index (Phi) is 7.02. The van der Waals surface area contributed by atoms with Crippen LogP contribution in [-0.4, -0.2) is 36.9 Å². The Hall–Kier alpha value is -1.75. The van der Waals surface area contributed by atoms with E-state index in [2.05, 4.69) is 5.32 Å². The van der Waals surface area contributed by atoms with Crippen LogP contribution in [0.2, 0.25) is 0 Å². The number of nitrogens with one attached hydrogen (secondary N) is 1. The smallest absolute Gasteiger partial charge is 0.323 e. The van der Waals surface area contributed by atoms with Crippen molar-refractivity contribution >= 4 is 5.97 Å². The highest BCUT2D eigenvalue weighted by Gasteiger charge is 2.30. The Morgan fingerprint density at radius 2 is 2.05 bits per heavy atom. The summed E-state index contributed by atoms with van der Waals surface area (Å²) in [7, 11) is 1.62. The number of benzene rings is 1. The fourth-order valence-electron chi connectivity index (χ4n) is 2.12. The standard InChI is InChI=1S/C16H25NO4/c1-4-17-16(2,15(18)19)10-5-6-11-21-14-9-7-8-13(12-14)20-3/h7-9,12,17H,4-6,10-11H2,1-3H3,(H,18,19). The van der Waals surface area contributed by atoms with E-state index in [9.17, 15) is 9.90 Å². The summed E-state index contributed by atoms with van der Waals surface area (Å²) in [5.41, 5.74) is -0.856. The van der Waals surface area contributed by atoms with Gasteiger partial charge in [0, 0.05) is 6.07 Å². The van der Waals surface area contributed by atoms with E-state index in [1.807, 2.05) is 31.2 Å². The molecule has 1 atom stereocenters. The van der Waals surface area contributed by atoms with Gasteiger partial charge in [0.05, 0.1) is 13.7 Å². The number of carbonyl (C=O) groups is 1. The number of hydrogen-bond acceptors (Lipinski definition) is 4. The van der Waals surface area contributed by atoms with Crippen LogP contribution in [0.1, 0.15) is 33.1 Å². The van der Waals surface area contributed by atoms with Crippen LogP contribution >= 0.6 is 0 Å². The fourth-order valence-corrected chi connectivity index (χ4v) is 2.12. The maximum atomic E-state index is 11.3. The average Bonchev–Trinajstić information content (AvgIpc) is 2.47. The predicted octanol–water partition coefficient (Wildman–Crippen LogP) is 2.70. The molecule has 2 N–H and O–H groups in total. The molecule has 0 amide bonds. The van der Waals surface area contributed by atoms with E-state index >= 15 is 0 Å². The number of carboxylic acids is 1. The van der Waals surface area contributed by atoms with Gasteiger partial charge in [-0.2, -0.15) is 0 Å². The van der Waals surface area contributed by atoms with E-state index in [0.29, 0.717) is 19.6 Å². The summed E-state index contributed by atoms with van der Waals surface area (Å²) in [6.45, 7) is 4.84. The molecule has 1 aromatic carbocycles. The highest BCUT2D eigenvalue weighted by Crippen LogP contribution is 2.19. The van der Waals surface area contributed by atoms with Crippen molar-refractivity contribution in [1.29, 1.82) is 0 Å². The van der Waals surface area contributed by atoms with E-state index in [1.54, 1.807) is 14.0 Å². The number of likely N-dealkylation sites (N-methyl/N-ethyl adjacent to an activating group) is 1. The van der Waals surface area contributed by atoms with Crippen LogP contribution in [0.25, 0.3) is 0 Å². The molecule has 1 aromatic rings. The predicted molar refractivity (Wildman–Crippen MR) is 82.1 cm³/mol. The van der Waals surface area contributed by atoms with Crippen LogP contribution in [-0.2, 0) is 4.79 Å². The zero-order valence-electron chi connectivity index (χ0n) is 13.0. The molecule has 0 fully saturated rings. The minimum atomic E-state index is -0.856. The van der Waals surface area contributed by atoms with Crippen LogP contribution in [0, 0.1) is 0 Å². The molecule has 0 heterocycles. The van der Waals surface area contributed by atoms with Crippen molar-refractivity contribution in [3.63, 3.8) is 0 Å². The Bertz CT molecular complexity index is 450. The first-order chi connectivity index (χ1) is 10.0. The van der Waals surface area contributed by atoms with Crippen LogP contribution in [0.15, 0.2) is 24.3 Å². The van der Waals surface area contributed by atoms with Crippen molar-refractivity contribution in [3.05, 3.63) is 24.3 Å². The number of hydrogen-bond donors (Lipinski definition) is 2. The van der Waals surface area contributed by atoms with Crippen molar-refractivity contribution in [1.82, 2.24) is 5.32 Å². The van der Waals surface area contributed by atoms with Crippen molar-refractivity contribution < 1.29 is 19.4 Å². The van der Waals surface area contributed by atoms with Gasteiger partial charge in [-0.3, -0.25) is 4.79 Å². The van der Waals surface area contributed by atoms with E-state index in [0.717, 1.165) is 24.3 Å². The second kappa shape index (κ2) is 8.52. The Balaban J connectivity index is 2.32. The minimum Gasteiger partial charge on any atom is -0.497 e. The van der Waals surface area contributed by atoms with Gasteiger partial charge in [-0.15, -0.1) is 0 Å². The summed E-state index contributed by atoms with van der Waals surface area (Å²) in [4.78, 5) is 11.3. The van der Waals surface area contributed by atoms with Crippen LogP contribution in [0.5, 0.6) is 11.5 Å². The van der Waals surface area contributed by atoms with E-state index in [-0.39, 0.29) is 0 Å². The van der Waals surface area contributed by atoms with E-state index < -0.39 is 11.5 Å². The number of rotatable bonds is 10. The summed E-state index contributed by atoms with van der Waals surface area (Å²) in [5.74, 6) is 0.721. The molecule has 5 nitrogen and oxygen atoms in total. The monoisotopic (exact) mass is 295 g/mol. The molecule has 21 heavy (non-hydrogen) atoms. The van der Waals surface area contributed by atoms with Crippen molar-refractivity contribution in [3.8, 4) is 11.5 Å². The maximum Gasteiger partial charge on any atom is 0.323 e. The number of unbranched alkanes of at least 4 members (excludes halogenated alkanes) is 1. The lowest BCUT2D eigenvalue weighted by Gasteiger charge is -2.25. The average molecular weight is 295 g/mol. The number of aliphatic carboxylic acids is 1. The Morgan fingerprint density at radius 1 is 1.33 bits per heavy atom. The molecule has 1 unspecified atom stereocenters. The maximum absolute atomic E-state index is 11.3. The van der Waals surface area contributed by atoms with Crippen molar-refractivity contribution in [2.24, 2.45) is 0 Å². The first-order valence-corrected chi connectivity index (χ1v) is 7.27. The zero-order valence-corrected chi connectivity index (χ0v) is 13.0. The molecule has 5 heteroatoms. The quantitative estimate of drug-likeness (QED) is 0.650.